The van der Waals surface area contributed by atoms with E-state index in [-0.39, 0.29) is 23.7 Å². The third-order valence-electron chi connectivity index (χ3n) is 3.49. The smallest absolute Gasteiger partial charge is 0.387 e. The molecule has 3 N–H and O–H groups in total. The third kappa shape index (κ3) is 2.70. The predicted molar refractivity (Wildman–Crippen MR) is 76.6 cm³/mol. The Bertz CT molecular complexity index is 617. The van der Waals surface area contributed by atoms with E-state index in [1.165, 1.54) is 0 Å². The van der Waals surface area contributed by atoms with Crippen LogP contribution in [-0.4, -0.2) is 19.7 Å². The Morgan fingerprint density at radius 3 is 2.35 bits per heavy atom. The molecule has 0 unspecified atom stereocenters. The fourth-order valence-corrected chi connectivity index (χ4v) is 2.31. The first-order chi connectivity index (χ1) is 9.07. The standard InChI is InChI=1S/C14H14F2N2O.ClH/c15-13(16)19-12-4-2-9-5-11(3-1-10(9)6-12)14(17)7-18-8-14;/h1-6,13,18H,7-8,17H2;1H. The van der Waals surface area contributed by atoms with Crippen molar-refractivity contribution in [3.05, 3.63) is 42.0 Å². The zero-order chi connectivity index (χ0) is 13.5. The number of hydrogen-bond donors (Lipinski definition) is 2. The van der Waals surface area contributed by atoms with Gasteiger partial charge in [-0.3, -0.25) is 0 Å². The Morgan fingerprint density at radius 2 is 1.75 bits per heavy atom. The lowest BCUT2D eigenvalue weighted by Gasteiger charge is -2.39. The molecule has 6 heteroatoms. The lowest BCUT2D eigenvalue weighted by atomic mass is 9.84. The molecule has 3 nitrogen and oxygen atoms in total. The SMILES string of the molecule is Cl.NC1(c2ccc3cc(OC(F)F)ccc3c2)CNC1. The lowest BCUT2D eigenvalue weighted by molar-refractivity contribution is -0.0497. The van der Waals surface area contributed by atoms with Gasteiger partial charge < -0.3 is 15.8 Å². The summed E-state index contributed by atoms with van der Waals surface area (Å²) in [6, 6.07) is 10.7. The molecule has 1 saturated heterocycles. The molecule has 0 radical (unpaired) electrons. The molecule has 0 atom stereocenters. The summed E-state index contributed by atoms with van der Waals surface area (Å²) in [4.78, 5) is 0. The van der Waals surface area contributed by atoms with Gasteiger partial charge in [0.2, 0.25) is 0 Å². The molecule has 0 saturated carbocycles. The second-order valence-electron chi connectivity index (χ2n) is 4.86. The molecule has 1 aliphatic heterocycles. The highest BCUT2D eigenvalue weighted by atomic mass is 35.5. The molecule has 108 valence electrons. The molecule has 1 aliphatic rings. The van der Waals surface area contributed by atoms with Crippen molar-refractivity contribution in [2.24, 2.45) is 5.73 Å². The molecule has 0 bridgehead atoms. The molecule has 0 spiro atoms. The number of ether oxygens (including phenoxy) is 1. The van der Waals surface area contributed by atoms with Crippen molar-refractivity contribution in [3.63, 3.8) is 0 Å². The van der Waals surface area contributed by atoms with Gasteiger partial charge in [0.15, 0.2) is 0 Å². The highest BCUT2D eigenvalue weighted by molar-refractivity contribution is 5.85. The average molecular weight is 301 g/mol. The minimum atomic E-state index is -2.80. The number of nitrogens with one attached hydrogen (secondary N) is 1. The van der Waals surface area contributed by atoms with E-state index in [1.807, 2.05) is 18.2 Å². The third-order valence-corrected chi connectivity index (χ3v) is 3.49. The molecule has 0 aliphatic carbocycles. The number of fused-ring (bicyclic) bond motifs is 1. The maximum absolute atomic E-state index is 12.1. The fraction of sp³-hybridized carbons (Fsp3) is 0.286. The average Bonchev–Trinajstić information content (AvgIpc) is 2.34. The molecule has 0 aromatic heterocycles. The van der Waals surface area contributed by atoms with Crippen LogP contribution in [0.1, 0.15) is 5.56 Å². The summed E-state index contributed by atoms with van der Waals surface area (Å²) in [6.45, 7) is -1.29. The molecule has 1 heterocycles. The van der Waals surface area contributed by atoms with Crippen LogP contribution in [0, 0.1) is 0 Å². The zero-order valence-corrected chi connectivity index (χ0v) is 11.4. The van der Waals surface area contributed by atoms with Crippen molar-refractivity contribution in [2.45, 2.75) is 12.2 Å². The number of hydrogen-bond acceptors (Lipinski definition) is 3. The lowest BCUT2D eigenvalue weighted by Crippen LogP contribution is -2.62. The van der Waals surface area contributed by atoms with Crippen LogP contribution in [0.4, 0.5) is 8.78 Å². The maximum atomic E-state index is 12.1. The number of nitrogens with two attached hydrogens (primary N) is 1. The predicted octanol–water partition coefficient (Wildman–Crippen LogP) is 2.62. The first kappa shape index (κ1) is 15.0. The summed E-state index contributed by atoms with van der Waals surface area (Å²) >= 11 is 0. The van der Waals surface area contributed by atoms with Crippen LogP contribution in [-0.2, 0) is 5.54 Å². The van der Waals surface area contributed by atoms with Gasteiger partial charge in [0.05, 0.1) is 5.54 Å². The largest absolute Gasteiger partial charge is 0.435 e. The van der Waals surface area contributed by atoms with Gasteiger partial charge in [-0.05, 0) is 34.5 Å². The second kappa shape index (κ2) is 5.52. The summed E-state index contributed by atoms with van der Waals surface area (Å²) in [6.07, 6.45) is 0. The Balaban J connectivity index is 0.00000147. The Morgan fingerprint density at radius 1 is 1.10 bits per heavy atom. The van der Waals surface area contributed by atoms with E-state index in [4.69, 9.17) is 5.73 Å². The zero-order valence-electron chi connectivity index (χ0n) is 10.6. The van der Waals surface area contributed by atoms with Gasteiger partial charge >= 0.3 is 6.61 Å². The van der Waals surface area contributed by atoms with E-state index in [0.717, 1.165) is 29.4 Å². The van der Waals surface area contributed by atoms with Crippen molar-refractivity contribution in [1.29, 1.82) is 0 Å². The van der Waals surface area contributed by atoms with Crippen LogP contribution in [0.3, 0.4) is 0 Å². The van der Waals surface area contributed by atoms with Gasteiger partial charge in [0, 0.05) is 13.1 Å². The van der Waals surface area contributed by atoms with E-state index in [1.54, 1.807) is 18.2 Å². The van der Waals surface area contributed by atoms with Crippen LogP contribution < -0.4 is 15.8 Å². The van der Waals surface area contributed by atoms with Crippen LogP contribution >= 0.6 is 12.4 Å². The van der Waals surface area contributed by atoms with Crippen molar-refractivity contribution in [3.8, 4) is 5.75 Å². The van der Waals surface area contributed by atoms with Crippen LogP contribution in [0.5, 0.6) is 5.75 Å². The van der Waals surface area contributed by atoms with E-state index < -0.39 is 6.61 Å². The minimum absolute atomic E-state index is 0. The summed E-state index contributed by atoms with van der Waals surface area (Å²) in [5, 5.41) is 4.98. The van der Waals surface area contributed by atoms with Gasteiger partial charge in [0.25, 0.3) is 0 Å². The number of rotatable bonds is 3. The quantitative estimate of drug-likeness (QED) is 0.916. The van der Waals surface area contributed by atoms with Gasteiger partial charge in [-0.2, -0.15) is 8.78 Å². The number of halogens is 3. The van der Waals surface area contributed by atoms with E-state index in [2.05, 4.69) is 10.1 Å². The molecular weight excluding hydrogens is 286 g/mol. The highest BCUT2D eigenvalue weighted by Gasteiger charge is 2.34. The van der Waals surface area contributed by atoms with Crippen molar-refractivity contribution < 1.29 is 13.5 Å². The van der Waals surface area contributed by atoms with E-state index >= 15 is 0 Å². The first-order valence-corrected chi connectivity index (χ1v) is 6.06. The molecule has 2 aromatic rings. The van der Waals surface area contributed by atoms with Gasteiger partial charge in [0.1, 0.15) is 5.75 Å². The maximum Gasteiger partial charge on any atom is 0.387 e. The normalized spacial score (nSPS) is 16.6. The summed E-state index contributed by atoms with van der Waals surface area (Å²) in [7, 11) is 0. The Labute approximate surface area is 121 Å². The van der Waals surface area contributed by atoms with Gasteiger partial charge in [-0.15, -0.1) is 12.4 Å². The Kier molecular flexibility index (Phi) is 4.13. The molecular formula is C14H15ClF2N2O. The molecule has 2 aromatic carbocycles. The topological polar surface area (TPSA) is 47.3 Å². The first-order valence-electron chi connectivity index (χ1n) is 6.06. The van der Waals surface area contributed by atoms with E-state index in [9.17, 15) is 8.78 Å². The minimum Gasteiger partial charge on any atom is -0.435 e. The van der Waals surface area contributed by atoms with Crippen molar-refractivity contribution >= 4 is 23.2 Å². The monoisotopic (exact) mass is 300 g/mol. The van der Waals surface area contributed by atoms with Crippen LogP contribution in [0.25, 0.3) is 10.8 Å². The molecule has 1 fully saturated rings. The highest BCUT2D eigenvalue weighted by Crippen LogP contribution is 2.28. The summed E-state index contributed by atoms with van der Waals surface area (Å²) in [5.41, 5.74) is 6.97. The van der Waals surface area contributed by atoms with Gasteiger partial charge in [-0.1, -0.05) is 18.2 Å². The van der Waals surface area contributed by atoms with Crippen molar-refractivity contribution in [1.82, 2.24) is 5.32 Å². The molecule has 3 rings (SSSR count). The van der Waals surface area contributed by atoms with Crippen LogP contribution in [0.15, 0.2) is 36.4 Å². The van der Waals surface area contributed by atoms with Crippen molar-refractivity contribution in [2.75, 3.05) is 13.1 Å². The number of alkyl halides is 2. The summed E-state index contributed by atoms with van der Waals surface area (Å²) < 4.78 is 28.7. The molecule has 20 heavy (non-hydrogen) atoms. The molecule has 0 amide bonds. The van der Waals surface area contributed by atoms with Crippen LogP contribution in [0.2, 0.25) is 0 Å². The Hall–Kier alpha value is -1.43. The number of benzene rings is 2. The van der Waals surface area contributed by atoms with Gasteiger partial charge in [-0.25, -0.2) is 0 Å². The van der Waals surface area contributed by atoms with E-state index in [0.29, 0.717) is 0 Å². The second-order valence-corrected chi connectivity index (χ2v) is 4.86. The summed E-state index contributed by atoms with van der Waals surface area (Å²) in [5.74, 6) is 0.169. The fourth-order valence-electron chi connectivity index (χ4n) is 2.31.